The fourth-order valence-corrected chi connectivity index (χ4v) is 5.10. The van der Waals surface area contributed by atoms with Crippen LogP contribution in [0.3, 0.4) is 0 Å². The Kier molecular flexibility index (Phi) is 7.76. The lowest BCUT2D eigenvalue weighted by Crippen LogP contribution is -2.42. The van der Waals surface area contributed by atoms with Gasteiger partial charge in [-0.1, -0.05) is 19.3 Å². The van der Waals surface area contributed by atoms with Crippen molar-refractivity contribution in [2.45, 2.75) is 76.9 Å². The van der Waals surface area contributed by atoms with E-state index in [2.05, 4.69) is 15.3 Å². The summed E-state index contributed by atoms with van der Waals surface area (Å²) in [5.41, 5.74) is 12.4. The number of amides is 2. The molecular weight excluding hydrogens is 462 g/mol. The van der Waals surface area contributed by atoms with Gasteiger partial charge >= 0.3 is 6.09 Å². The molecule has 2 aliphatic rings. The van der Waals surface area contributed by atoms with Crippen molar-refractivity contribution in [1.29, 1.82) is 0 Å². The van der Waals surface area contributed by atoms with Gasteiger partial charge in [0.2, 0.25) is 5.95 Å². The zero-order valence-electron chi connectivity index (χ0n) is 20.9. The molecular formula is C25H35N7O4. The average molecular weight is 498 g/mol. The minimum Gasteiger partial charge on any atom is -0.445 e. The minimum atomic E-state index is -0.816. The fraction of sp³-hybridized carbons (Fsp3) is 0.560. The molecule has 2 aromatic rings. The molecule has 36 heavy (non-hydrogen) atoms. The van der Waals surface area contributed by atoms with Crippen molar-refractivity contribution in [2.24, 2.45) is 11.5 Å². The number of anilines is 3. The second-order valence-electron chi connectivity index (χ2n) is 9.89. The highest BCUT2D eigenvalue weighted by Gasteiger charge is 2.26. The number of rotatable bonds is 7. The Labute approximate surface area is 210 Å². The van der Waals surface area contributed by atoms with Crippen LogP contribution in [0.1, 0.15) is 86.7 Å². The number of hydrogen-bond donors (Lipinski definition) is 3. The van der Waals surface area contributed by atoms with E-state index >= 15 is 0 Å². The Bertz CT molecular complexity index is 1170. The smallest absolute Gasteiger partial charge is 0.404 e. The van der Waals surface area contributed by atoms with Gasteiger partial charge in [0.15, 0.2) is 0 Å². The molecule has 4 rings (SSSR count). The number of ether oxygens (including phenoxy) is 1. The molecule has 1 atom stereocenters. The van der Waals surface area contributed by atoms with Gasteiger partial charge in [0.05, 0.1) is 12.2 Å². The number of carbonyl (C=O) groups excluding carboxylic acids is 2. The third-order valence-corrected chi connectivity index (χ3v) is 6.92. The molecule has 0 aromatic carbocycles. The van der Waals surface area contributed by atoms with E-state index in [1.165, 1.54) is 12.6 Å². The number of piperidine rings is 1. The summed E-state index contributed by atoms with van der Waals surface area (Å²) in [6.07, 6.45) is 8.84. The van der Waals surface area contributed by atoms with Crippen LogP contribution in [0.25, 0.3) is 0 Å². The topological polar surface area (TPSA) is 158 Å². The van der Waals surface area contributed by atoms with Crippen molar-refractivity contribution in [3.05, 3.63) is 39.9 Å². The van der Waals surface area contributed by atoms with Gasteiger partial charge in [0.25, 0.3) is 11.5 Å². The number of hydrogen-bond acceptors (Lipinski definition) is 8. The quantitative estimate of drug-likeness (QED) is 0.526. The summed E-state index contributed by atoms with van der Waals surface area (Å²) in [5, 5.41) is 3.24. The van der Waals surface area contributed by atoms with E-state index in [1.54, 1.807) is 10.8 Å². The fourth-order valence-electron chi connectivity index (χ4n) is 5.10. The number of carbonyl (C=O) groups is 2. The van der Waals surface area contributed by atoms with Gasteiger partial charge < -0.3 is 31.0 Å². The maximum atomic E-state index is 13.2. The van der Waals surface area contributed by atoms with Crippen LogP contribution in [0.2, 0.25) is 0 Å². The van der Waals surface area contributed by atoms with E-state index in [4.69, 9.17) is 16.2 Å². The monoisotopic (exact) mass is 497 g/mol. The van der Waals surface area contributed by atoms with Crippen molar-refractivity contribution in [2.75, 3.05) is 23.3 Å². The molecule has 2 aromatic heterocycles. The van der Waals surface area contributed by atoms with Crippen LogP contribution >= 0.6 is 0 Å². The molecule has 1 aliphatic heterocycles. The Morgan fingerprint density at radius 3 is 2.56 bits per heavy atom. The van der Waals surface area contributed by atoms with Crippen LogP contribution in [-0.4, -0.2) is 45.7 Å². The number of nitrogens with one attached hydrogen (secondary N) is 1. The first-order valence-electron chi connectivity index (χ1n) is 12.6. The molecule has 0 unspecified atom stereocenters. The Balaban J connectivity index is 1.68. The largest absolute Gasteiger partial charge is 0.445 e. The predicted molar refractivity (Wildman–Crippen MR) is 137 cm³/mol. The van der Waals surface area contributed by atoms with Crippen molar-refractivity contribution in [3.8, 4) is 0 Å². The van der Waals surface area contributed by atoms with Gasteiger partial charge in [-0.25, -0.2) is 9.78 Å². The second-order valence-corrected chi connectivity index (χ2v) is 9.89. The molecule has 0 bridgehead atoms. The number of primary amides is 2. The zero-order valence-corrected chi connectivity index (χ0v) is 20.9. The van der Waals surface area contributed by atoms with E-state index < -0.39 is 12.0 Å². The second kappa shape index (κ2) is 11.0. The molecule has 2 fully saturated rings. The summed E-state index contributed by atoms with van der Waals surface area (Å²) in [6, 6.07) is 1.84. The van der Waals surface area contributed by atoms with E-state index in [1.807, 2.05) is 24.8 Å². The highest BCUT2D eigenvalue weighted by Crippen LogP contribution is 2.33. The third kappa shape index (κ3) is 5.77. The standard InChI is InChI=1S/C25H35N7O4/c1-15(2)32-13-17(11-19(23(32)34)16-7-4-3-5-8-16)29-22-20(21(26)33)12-28-25(30-22)31-10-6-9-18(14-31)36-24(27)35/h11-13,15-16,18H,3-10,14H2,1-2H3,(H2,26,33)(H2,27,35)(H,28,29,30)/t18-/m0/s1. The summed E-state index contributed by atoms with van der Waals surface area (Å²) in [5.74, 6) is 0.186. The molecule has 11 nitrogen and oxygen atoms in total. The van der Waals surface area contributed by atoms with Crippen LogP contribution < -0.4 is 27.2 Å². The first kappa shape index (κ1) is 25.5. The minimum absolute atomic E-state index is 0.0229. The summed E-state index contributed by atoms with van der Waals surface area (Å²) in [7, 11) is 0. The molecule has 3 heterocycles. The van der Waals surface area contributed by atoms with E-state index in [0.29, 0.717) is 31.1 Å². The zero-order chi connectivity index (χ0) is 25.8. The van der Waals surface area contributed by atoms with Gasteiger partial charge in [-0.15, -0.1) is 0 Å². The number of nitrogens with zero attached hydrogens (tertiary/aromatic N) is 4. The molecule has 1 saturated carbocycles. The van der Waals surface area contributed by atoms with Crippen molar-refractivity contribution >= 4 is 29.5 Å². The van der Waals surface area contributed by atoms with Crippen LogP contribution in [0.4, 0.5) is 22.2 Å². The molecule has 5 N–H and O–H groups in total. The summed E-state index contributed by atoms with van der Waals surface area (Å²) >= 11 is 0. The lowest BCUT2D eigenvalue weighted by Gasteiger charge is -2.32. The summed E-state index contributed by atoms with van der Waals surface area (Å²) in [4.78, 5) is 47.4. The summed E-state index contributed by atoms with van der Waals surface area (Å²) < 4.78 is 6.88. The molecule has 2 amide bonds. The Morgan fingerprint density at radius 2 is 1.89 bits per heavy atom. The molecule has 0 radical (unpaired) electrons. The van der Waals surface area contributed by atoms with Gasteiger partial charge in [-0.05, 0) is 51.5 Å². The third-order valence-electron chi connectivity index (χ3n) is 6.92. The number of nitrogens with two attached hydrogens (primary N) is 2. The van der Waals surface area contributed by atoms with Gasteiger partial charge in [-0.3, -0.25) is 9.59 Å². The van der Waals surface area contributed by atoms with Crippen LogP contribution in [0, 0.1) is 0 Å². The van der Waals surface area contributed by atoms with Gasteiger partial charge in [0, 0.05) is 30.5 Å². The maximum absolute atomic E-state index is 13.2. The van der Waals surface area contributed by atoms with E-state index in [9.17, 15) is 14.4 Å². The Morgan fingerprint density at radius 1 is 1.14 bits per heavy atom. The highest BCUT2D eigenvalue weighted by molar-refractivity contribution is 5.98. The van der Waals surface area contributed by atoms with E-state index in [0.717, 1.165) is 37.7 Å². The maximum Gasteiger partial charge on any atom is 0.404 e. The normalized spacial score (nSPS) is 18.8. The SMILES string of the molecule is CC(C)n1cc(Nc2nc(N3CCC[C@H](OC(N)=O)C3)ncc2C(N)=O)cc(C2CCCCC2)c1=O. The predicted octanol–water partition coefficient (Wildman–Crippen LogP) is 3.17. The molecule has 194 valence electrons. The lowest BCUT2D eigenvalue weighted by molar-refractivity contribution is 0.0959. The molecule has 0 spiro atoms. The molecule has 1 saturated heterocycles. The molecule has 11 heteroatoms. The van der Waals surface area contributed by atoms with Crippen LogP contribution in [-0.2, 0) is 4.74 Å². The van der Waals surface area contributed by atoms with Crippen molar-refractivity contribution < 1.29 is 14.3 Å². The number of pyridine rings is 1. The molecule has 1 aliphatic carbocycles. The summed E-state index contributed by atoms with van der Waals surface area (Å²) in [6.45, 7) is 4.99. The van der Waals surface area contributed by atoms with Crippen LogP contribution in [0.5, 0.6) is 0 Å². The van der Waals surface area contributed by atoms with Crippen molar-refractivity contribution in [1.82, 2.24) is 14.5 Å². The first-order chi connectivity index (χ1) is 17.2. The van der Waals surface area contributed by atoms with Crippen molar-refractivity contribution in [3.63, 3.8) is 0 Å². The average Bonchev–Trinajstić information content (AvgIpc) is 2.85. The highest BCUT2D eigenvalue weighted by atomic mass is 16.6. The lowest BCUT2D eigenvalue weighted by atomic mass is 9.84. The number of aromatic nitrogens is 3. The first-order valence-corrected chi connectivity index (χ1v) is 12.6. The van der Waals surface area contributed by atoms with E-state index in [-0.39, 0.29) is 35.0 Å². The van der Waals surface area contributed by atoms with Crippen LogP contribution in [0.15, 0.2) is 23.3 Å². The Hall–Kier alpha value is -3.63. The van der Waals surface area contributed by atoms with Gasteiger partial charge in [-0.2, -0.15) is 4.98 Å². The van der Waals surface area contributed by atoms with Gasteiger partial charge in [0.1, 0.15) is 17.5 Å².